The number of amides is 1. The molecule has 3 aromatic rings. The molecule has 2 N–H and O–H groups in total. The fourth-order valence-corrected chi connectivity index (χ4v) is 3.02. The van der Waals surface area contributed by atoms with E-state index >= 15 is 0 Å². The van der Waals surface area contributed by atoms with Crippen LogP contribution in [-0.4, -0.2) is 32.9 Å². The standard InChI is InChI=1S/C20H20N4O3S/c1-13(2)27-16-11-7-6-10-15(16)21-17(25)12-28-20-22-19(26)18(23-24-20)14-8-4-3-5-9-14/h3-11,13H,12H2,1-2H3,(H,21,25)(H,22,24,26). The van der Waals surface area contributed by atoms with Crippen LogP contribution in [0.3, 0.4) is 0 Å². The second kappa shape index (κ2) is 9.18. The monoisotopic (exact) mass is 396 g/mol. The van der Waals surface area contributed by atoms with Crippen molar-refractivity contribution >= 4 is 23.4 Å². The number of aromatic amines is 1. The molecule has 8 heteroatoms. The maximum atomic E-state index is 12.3. The third-order valence-corrected chi connectivity index (χ3v) is 4.45. The van der Waals surface area contributed by atoms with Crippen LogP contribution in [0.4, 0.5) is 5.69 Å². The molecule has 0 aliphatic carbocycles. The van der Waals surface area contributed by atoms with Gasteiger partial charge in [-0.05, 0) is 26.0 Å². The number of para-hydroxylation sites is 2. The molecule has 1 aromatic heterocycles. The zero-order valence-corrected chi connectivity index (χ0v) is 16.3. The highest BCUT2D eigenvalue weighted by molar-refractivity contribution is 7.99. The minimum atomic E-state index is -0.347. The Bertz CT molecular complexity index is 1010. The van der Waals surface area contributed by atoms with Gasteiger partial charge in [0, 0.05) is 5.56 Å². The van der Waals surface area contributed by atoms with Crippen LogP contribution in [0.2, 0.25) is 0 Å². The summed E-state index contributed by atoms with van der Waals surface area (Å²) in [4.78, 5) is 27.2. The largest absolute Gasteiger partial charge is 0.489 e. The molecule has 0 saturated heterocycles. The molecular formula is C20H20N4O3S. The second-order valence-electron chi connectivity index (χ2n) is 6.17. The van der Waals surface area contributed by atoms with Crippen LogP contribution < -0.4 is 15.6 Å². The first kappa shape index (κ1) is 19.6. The van der Waals surface area contributed by atoms with Gasteiger partial charge in [0.1, 0.15) is 5.75 Å². The smallest absolute Gasteiger partial charge is 0.278 e. The number of rotatable bonds is 7. The van der Waals surface area contributed by atoms with E-state index in [1.54, 1.807) is 24.3 Å². The predicted molar refractivity (Wildman–Crippen MR) is 110 cm³/mol. The molecule has 0 atom stereocenters. The van der Waals surface area contributed by atoms with Gasteiger partial charge in [0.2, 0.25) is 5.91 Å². The number of carbonyl (C=O) groups is 1. The zero-order valence-electron chi connectivity index (χ0n) is 15.5. The van der Waals surface area contributed by atoms with Crippen LogP contribution in [0.25, 0.3) is 11.3 Å². The summed E-state index contributed by atoms with van der Waals surface area (Å²) in [5.41, 5.74) is 1.18. The quantitative estimate of drug-likeness (QED) is 0.595. The number of hydrogen-bond acceptors (Lipinski definition) is 6. The lowest BCUT2D eigenvalue weighted by molar-refractivity contribution is -0.113. The van der Waals surface area contributed by atoms with Gasteiger partial charge in [0.25, 0.3) is 5.56 Å². The minimum absolute atomic E-state index is 0.00379. The molecule has 0 aliphatic rings. The number of hydrogen-bond donors (Lipinski definition) is 2. The molecule has 3 rings (SSSR count). The Morgan fingerprint density at radius 1 is 1.11 bits per heavy atom. The van der Waals surface area contributed by atoms with Crippen LogP contribution in [0.15, 0.2) is 64.5 Å². The first-order valence-electron chi connectivity index (χ1n) is 8.73. The highest BCUT2D eigenvalue weighted by Gasteiger charge is 2.12. The fraction of sp³-hybridized carbons (Fsp3) is 0.200. The molecule has 144 valence electrons. The van der Waals surface area contributed by atoms with Crippen molar-refractivity contribution in [2.24, 2.45) is 0 Å². The van der Waals surface area contributed by atoms with Gasteiger partial charge >= 0.3 is 0 Å². The van der Waals surface area contributed by atoms with E-state index in [1.165, 1.54) is 0 Å². The molecule has 1 heterocycles. The van der Waals surface area contributed by atoms with E-state index in [2.05, 4.69) is 20.5 Å². The van der Waals surface area contributed by atoms with E-state index in [-0.39, 0.29) is 34.2 Å². The average molecular weight is 396 g/mol. The van der Waals surface area contributed by atoms with E-state index in [1.807, 2.05) is 44.2 Å². The number of anilines is 1. The van der Waals surface area contributed by atoms with Crippen LogP contribution in [-0.2, 0) is 4.79 Å². The Hall–Kier alpha value is -3.13. The summed E-state index contributed by atoms with van der Waals surface area (Å²) >= 11 is 1.10. The molecule has 7 nitrogen and oxygen atoms in total. The Morgan fingerprint density at radius 3 is 2.54 bits per heavy atom. The Kier molecular flexibility index (Phi) is 6.44. The molecule has 1 amide bonds. The van der Waals surface area contributed by atoms with E-state index in [9.17, 15) is 9.59 Å². The van der Waals surface area contributed by atoms with Crippen molar-refractivity contribution in [1.29, 1.82) is 0 Å². The highest BCUT2D eigenvalue weighted by atomic mass is 32.2. The first-order chi connectivity index (χ1) is 13.5. The summed E-state index contributed by atoms with van der Waals surface area (Å²) in [6.45, 7) is 3.84. The molecule has 0 radical (unpaired) electrons. The third-order valence-electron chi connectivity index (χ3n) is 3.59. The summed E-state index contributed by atoms with van der Waals surface area (Å²) in [6.07, 6.45) is -0.00379. The summed E-state index contributed by atoms with van der Waals surface area (Å²) in [5, 5.41) is 11.1. The van der Waals surface area contributed by atoms with Gasteiger partial charge < -0.3 is 10.1 Å². The number of benzene rings is 2. The molecule has 0 aliphatic heterocycles. The van der Waals surface area contributed by atoms with Gasteiger partial charge in [-0.3, -0.25) is 14.6 Å². The number of aromatic nitrogens is 3. The van der Waals surface area contributed by atoms with Crippen molar-refractivity contribution in [3.05, 3.63) is 65.0 Å². The molecule has 28 heavy (non-hydrogen) atoms. The molecule has 0 unspecified atom stereocenters. The molecular weight excluding hydrogens is 376 g/mol. The predicted octanol–water partition coefficient (Wildman–Crippen LogP) is 3.35. The lowest BCUT2D eigenvalue weighted by Gasteiger charge is -2.14. The average Bonchev–Trinajstić information content (AvgIpc) is 2.68. The number of carbonyl (C=O) groups excluding carboxylic acids is 1. The maximum Gasteiger partial charge on any atom is 0.278 e. The first-order valence-corrected chi connectivity index (χ1v) is 9.72. The van der Waals surface area contributed by atoms with Gasteiger partial charge in [0.15, 0.2) is 10.9 Å². The highest BCUT2D eigenvalue weighted by Crippen LogP contribution is 2.25. The number of nitrogens with zero attached hydrogens (tertiary/aromatic N) is 2. The van der Waals surface area contributed by atoms with Crippen LogP contribution >= 0.6 is 11.8 Å². The SMILES string of the molecule is CC(C)Oc1ccccc1NC(=O)CSc1nnc(-c2ccccc2)c(=O)[nH]1. The van der Waals surface area contributed by atoms with Gasteiger partial charge in [-0.15, -0.1) is 10.2 Å². The molecule has 0 bridgehead atoms. The van der Waals surface area contributed by atoms with Crippen molar-refractivity contribution in [2.45, 2.75) is 25.1 Å². The number of nitrogens with one attached hydrogen (secondary N) is 2. The van der Waals surface area contributed by atoms with Crippen molar-refractivity contribution in [3.8, 4) is 17.0 Å². The molecule has 2 aromatic carbocycles. The lowest BCUT2D eigenvalue weighted by atomic mass is 10.2. The summed E-state index contributed by atoms with van der Waals surface area (Å²) in [6, 6.07) is 16.3. The van der Waals surface area contributed by atoms with Gasteiger partial charge in [-0.25, -0.2) is 0 Å². The Balaban J connectivity index is 1.63. The van der Waals surface area contributed by atoms with Gasteiger partial charge in [-0.2, -0.15) is 0 Å². The summed E-state index contributed by atoms with van der Waals surface area (Å²) in [7, 11) is 0. The number of ether oxygens (including phenoxy) is 1. The Labute approximate surface area is 166 Å². The van der Waals surface area contributed by atoms with Crippen molar-refractivity contribution in [3.63, 3.8) is 0 Å². The van der Waals surface area contributed by atoms with E-state index in [4.69, 9.17) is 4.74 Å². The zero-order chi connectivity index (χ0) is 19.9. The van der Waals surface area contributed by atoms with Crippen molar-refractivity contribution < 1.29 is 9.53 Å². The maximum absolute atomic E-state index is 12.3. The number of H-pyrrole nitrogens is 1. The van der Waals surface area contributed by atoms with Gasteiger partial charge in [-0.1, -0.05) is 54.2 Å². The van der Waals surface area contributed by atoms with Crippen molar-refractivity contribution in [2.75, 3.05) is 11.1 Å². The third kappa shape index (κ3) is 5.20. The van der Waals surface area contributed by atoms with Crippen LogP contribution in [0.5, 0.6) is 5.75 Å². The Morgan fingerprint density at radius 2 is 1.82 bits per heavy atom. The van der Waals surface area contributed by atoms with E-state index in [0.29, 0.717) is 17.0 Å². The molecule has 0 fully saturated rings. The topological polar surface area (TPSA) is 97.0 Å². The number of thioether (sulfide) groups is 1. The second-order valence-corrected chi connectivity index (χ2v) is 7.14. The summed E-state index contributed by atoms with van der Waals surface area (Å²) in [5.74, 6) is 0.446. The normalized spacial score (nSPS) is 10.7. The van der Waals surface area contributed by atoms with Crippen LogP contribution in [0.1, 0.15) is 13.8 Å². The summed E-state index contributed by atoms with van der Waals surface area (Å²) < 4.78 is 5.69. The van der Waals surface area contributed by atoms with Crippen LogP contribution in [0, 0.1) is 0 Å². The van der Waals surface area contributed by atoms with Gasteiger partial charge in [0.05, 0.1) is 17.5 Å². The van der Waals surface area contributed by atoms with E-state index in [0.717, 1.165) is 11.8 Å². The minimum Gasteiger partial charge on any atom is -0.489 e. The molecule has 0 spiro atoms. The fourth-order valence-electron chi connectivity index (χ4n) is 2.42. The van der Waals surface area contributed by atoms with Crippen molar-refractivity contribution in [1.82, 2.24) is 15.2 Å². The molecule has 0 saturated carbocycles. The van der Waals surface area contributed by atoms with E-state index < -0.39 is 0 Å². The lowest BCUT2D eigenvalue weighted by Crippen LogP contribution is -2.18.